The first kappa shape index (κ1) is 23.0. The molecule has 0 radical (unpaired) electrons. The summed E-state index contributed by atoms with van der Waals surface area (Å²) in [5.74, 6) is 0.156. The number of nitrogens with zero attached hydrogens (tertiary/aromatic N) is 3. The molecule has 0 atom stereocenters. The van der Waals surface area contributed by atoms with Crippen molar-refractivity contribution in [3.8, 4) is 0 Å². The maximum atomic E-state index is 13.3. The number of nitro benzene ring substituents is 1. The number of carbonyl (C=O) groups is 2. The molecule has 0 spiro atoms. The number of halogens is 1. The van der Waals surface area contributed by atoms with Crippen LogP contribution >= 0.6 is 11.6 Å². The summed E-state index contributed by atoms with van der Waals surface area (Å²) >= 11 is 6.11. The molecule has 4 rings (SSSR count). The van der Waals surface area contributed by atoms with Crippen molar-refractivity contribution in [1.82, 2.24) is 4.90 Å². The highest BCUT2D eigenvalue weighted by Gasteiger charge is 2.26. The van der Waals surface area contributed by atoms with E-state index in [1.165, 1.54) is 12.1 Å². The Morgan fingerprint density at radius 2 is 1.73 bits per heavy atom. The highest BCUT2D eigenvalue weighted by atomic mass is 35.5. The van der Waals surface area contributed by atoms with Crippen LogP contribution in [0.5, 0.6) is 0 Å². The second-order valence-corrected chi connectivity index (χ2v) is 9.18. The highest BCUT2D eigenvalue weighted by Crippen LogP contribution is 2.31. The summed E-state index contributed by atoms with van der Waals surface area (Å²) < 4.78 is 0. The Labute approximate surface area is 197 Å². The summed E-state index contributed by atoms with van der Waals surface area (Å²) in [5, 5.41) is 13.7. The molecule has 2 aliphatic rings. The van der Waals surface area contributed by atoms with Crippen molar-refractivity contribution < 1.29 is 14.5 Å². The molecule has 0 aliphatic carbocycles. The number of non-ortho nitro benzene ring substituents is 1. The van der Waals surface area contributed by atoms with Crippen LogP contribution in [-0.2, 0) is 0 Å². The van der Waals surface area contributed by atoms with Crippen molar-refractivity contribution in [3.63, 3.8) is 0 Å². The Bertz CT molecular complexity index is 1080. The third-order valence-corrected chi connectivity index (χ3v) is 6.72. The average Bonchev–Trinajstić information content (AvgIpc) is 3.34. The van der Waals surface area contributed by atoms with E-state index >= 15 is 0 Å². The predicted octanol–water partition coefficient (Wildman–Crippen LogP) is 4.97. The molecule has 2 aliphatic heterocycles. The van der Waals surface area contributed by atoms with Crippen LogP contribution < -0.4 is 10.2 Å². The van der Waals surface area contributed by atoms with E-state index in [0.29, 0.717) is 17.2 Å². The number of benzene rings is 2. The fourth-order valence-corrected chi connectivity index (χ4v) is 4.66. The monoisotopic (exact) mass is 470 g/mol. The van der Waals surface area contributed by atoms with E-state index in [1.807, 2.05) is 11.0 Å². The first-order valence-corrected chi connectivity index (χ1v) is 11.6. The number of hydrogen-bond acceptors (Lipinski definition) is 5. The van der Waals surface area contributed by atoms with Crippen molar-refractivity contribution >= 4 is 40.5 Å². The molecule has 33 heavy (non-hydrogen) atoms. The maximum Gasteiger partial charge on any atom is 0.270 e. The predicted molar refractivity (Wildman–Crippen MR) is 128 cm³/mol. The summed E-state index contributed by atoms with van der Waals surface area (Å²) in [7, 11) is 0. The molecule has 8 nitrogen and oxygen atoms in total. The Hall–Kier alpha value is -3.13. The molecule has 2 fully saturated rings. The molecule has 0 unspecified atom stereocenters. The lowest BCUT2D eigenvalue weighted by atomic mass is 9.97. The lowest BCUT2D eigenvalue weighted by Gasteiger charge is -2.34. The minimum Gasteiger partial charge on any atom is -0.371 e. The van der Waals surface area contributed by atoms with Gasteiger partial charge in [0.2, 0.25) is 0 Å². The van der Waals surface area contributed by atoms with Gasteiger partial charge in [-0.25, -0.2) is 0 Å². The molecule has 2 heterocycles. The lowest BCUT2D eigenvalue weighted by Crippen LogP contribution is -2.35. The van der Waals surface area contributed by atoms with Crippen LogP contribution in [0.3, 0.4) is 0 Å². The van der Waals surface area contributed by atoms with E-state index in [4.69, 9.17) is 11.6 Å². The largest absolute Gasteiger partial charge is 0.371 e. The molecule has 0 saturated carbocycles. The van der Waals surface area contributed by atoms with Gasteiger partial charge in [0, 0.05) is 49.7 Å². The van der Waals surface area contributed by atoms with Crippen LogP contribution in [0.4, 0.5) is 17.1 Å². The van der Waals surface area contributed by atoms with Crippen molar-refractivity contribution in [2.45, 2.75) is 32.6 Å². The molecule has 0 bridgehead atoms. The van der Waals surface area contributed by atoms with Crippen molar-refractivity contribution in [2.24, 2.45) is 5.92 Å². The molecule has 2 saturated heterocycles. The van der Waals surface area contributed by atoms with Gasteiger partial charge in [-0.3, -0.25) is 19.7 Å². The molecule has 1 N–H and O–H groups in total. The standard InChI is InChI=1S/C24H27ClN4O4/c1-16-8-12-27(13-9-16)22-7-4-17(14-20(22)24(31)28-10-2-3-11-28)26-23(30)19-6-5-18(29(32)33)15-21(19)25/h4-7,14-16H,2-3,8-13H2,1H3,(H,26,30). The second kappa shape index (κ2) is 9.79. The van der Waals surface area contributed by atoms with Gasteiger partial charge in [-0.2, -0.15) is 0 Å². The van der Waals surface area contributed by atoms with Gasteiger partial charge in [0.15, 0.2) is 0 Å². The Morgan fingerprint density at radius 3 is 2.36 bits per heavy atom. The smallest absolute Gasteiger partial charge is 0.270 e. The summed E-state index contributed by atoms with van der Waals surface area (Å²) in [5.41, 5.74) is 1.90. The lowest BCUT2D eigenvalue weighted by molar-refractivity contribution is -0.384. The normalized spacial score (nSPS) is 16.7. The number of likely N-dealkylation sites (tertiary alicyclic amines) is 1. The summed E-state index contributed by atoms with van der Waals surface area (Å²) in [4.78, 5) is 40.6. The van der Waals surface area contributed by atoms with Gasteiger partial charge >= 0.3 is 0 Å². The van der Waals surface area contributed by atoms with Gasteiger partial charge in [-0.1, -0.05) is 18.5 Å². The third-order valence-electron chi connectivity index (χ3n) is 6.41. The van der Waals surface area contributed by atoms with Gasteiger partial charge in [-0.15, -0.1) is 0 Å². The zero-order valence-electron chi connectivity index (χ0n) is 18.6. The van der Waals surface area contributed by atoms with Gasteiger partial charge < -0.3 is 15.1 Å². The van der Waals surface area contributed by atoms with Crippen molar-refractivity contribution in [3.05, 3.63) is 62.7 Å². The van der Waals surface area contributed by atoms with Crippen LogP contribution in [0, 0.1) is 16.0 Å². The fraction of sp³-hybridized carbons (Fsp3) is 0.417. The third kappa shape index (κ3) is 5.11. The van der Waals surface area contributed by atoms with Crippen molar-refractivity contribution in [1.29, 1.82) is 0 Å². The van der Waals surface area contributed by atoms with Gasteiger partial charge in [0.25, 0.3) is 17.5 Å². The number of amides is 2. The van der Waals surface area contributed by atoms with E-state index in [1.54, 1.807) is 12.1 Å². The average molecular weight is 471 g/mol. The van der Waals surface area contributed by atoms with E-state index in [9.17, 15) is 19.7 Å². The Kier molecular flexibility index (Phi) is 6.83. The van der Waals surface area contributed by atoms with E-state index in [0.717, 1.165) is 63.6 Å². The highest BCUT2D eigenvalue weighted by molar-refractivity contribution is 6.34. The Morgan fingerprint density at radius 1 is 1.03 bits per heavy atom. The number of rotatable bonds is 5. The Balaban J connectivity index is 1.61. The van der Waals surface area contributed by atoms with Crippen molar-refractivity contribution in [2.75, 3.05) is 36.4 Å². The SMILES string of the molecule is CC1CCN(c2ccc(NC(=O)c3ccc([N+](=O)[O-])cc3Cl)cc2C(=O)N2CCCC2)CC1. The molecule has 9 heteroatoms. The number of nitrogens with one attached hydrogen (secondary N) is 1. The second-order valence-electron chi connectivity index (χ2n) is 8.78. The van der Waals surface area contributed by atoms with Crippen LogP contribution in [0.1, 0.15) is 53.3 Å². The van der Waals surface area contributed by atoms with E-state index in [-0.39, 0.29) is 22.2 Å². The van der Waals surface area contributed by atoms with Crippen LogP contribution in [0.25, 0.3) is 0 Å². The van der Waals surface area contributed by atoms with Gasteiger partial charge in [0.1, 0.15) is 0 Å². The van der Waals surface area contributed by atoms with Crippen LogP contribution in [-0.4, -0.2) is 47.8 Å². The first-order valence-electron chi connectivity index (χ1n) is 11.3. The van der Waals surface area contributed by atoms with E-state index < -0.39 is 10.8 Å². The van der Waals surface area contributed by atoms with Crippen LogP contribution in [0.2, 0.25) is 5.02 Å². The number of anilines is 2. The molecule has 0 aromatic heterocycles. The number of hydrogen-bond donors (Lipinski definition) is 1. The summed E-state index contributed by atoms with van der Waals surface area (Å²) in [6, 6.07) is 9.13. The summed E-state index contributed by atoms with van der Waals surface area (Å²) in [6.45, 7) is 5.52. The molecular weight excluding hydrogens is 444 g/mol. The number of piperidine rings is 1. The maximum absolute atomic E-state index is 13.3. The quantitative estimate of drug-likeness (QED) is 0.491. The van der Waals surface area contributed by atoms with Gasteiger partial charge in [0.05, 0.1) is 21.1 Å². The fourth-order valence-electron chi connectivity index (χ4n) is 4.40. The zero-order chi connectivity index (χ0) is 23.5. The molecule has 174 valence electrons. The number of carbonyl (C=O) groups excluding carboxylic acids is 2. The molecular formula is C24H27ClN4O4. The van der Waals surface area contributed by atoms with Gasteiger partial charge in [-0.05, 0) is 55.9 Å². The minimum atomic E-state index is -0.566. The molecule has 2 aromatic carbocycles. The first-order chi connectivity index (χ1) is 15.8. The molecule has 2 aromatic rings. The minimum absolute atomic E-state index is 0.00544. The van der Waals surface area contributed by atoms with Crippen LogP contribution in [0.15, 0.2) is 36.4 Å². The number of nitro groups is 1. The van der Waals surface area contributed by atoms with E-state index in [2.05, 4.69) is 17.1 Å². The molecule has 2 amide bonds. The summed E-state index contributed by atoms with van der Waals surface area (Å²) in [6.07, 6.45) is 4.15. The topological polar surface area (TPSA) is 95.8 Å². The zero-order valence-corrected chi connectivity index (χ0v) is 19.3.